The Kier molecular flexibility index (Phi) is 10.3. The van der Waals surface area contributed by atoms with Gasteiger partial charge in [0.05, 0.1) is 48.5 Å². The Bertz CT molecular complexity index is 1640. The van der Waals surface area contributed by atoms with Crippen molar-refractivity contribution in [2.45, 2.75) is 39.4 Å². The zero-order valence-corrected chi connectivity index (χ0v) is 26.2. The highest BCUT2D eigenvalue weighted by Gasteiger charge is 2.20. The van der Waals surface area contributed by atoms with Crippen LogP contribution < -0.4 is 20.7 Å². The Balaban J connectivity index is 1.53. The highest BCUT2D eigenvalue weighted by atomic mass is 35.5. The number of anilines is 3. The third-order valence-electron chi connectivity index (χ3n) is 6.03. The van der Waals surface area contributed by atoms with Gasteiger partial charge in [0.15, 0.2) is 11.6 Å². The van der Waals surface area contributed by atoms with E-state index in [1.54, 1.807) is 64.1 Å². The first-order chi connectivity index (χ1) is 21.0. The highest BCUT2D eigenvalue weighted by molar-refractivity contribution is 6.29. The number of amides is 2. The standard InChI is InChI=1S/C30H35ClN8O5/c1-30(2,3)44-29(41)37-25-9-7-8-19(35-25)16-43-11-10-18-12-20(27-34-17-39(5)38-27)26(42-6)23(13-18)36-22-14-24(31)33-15-21(22)28(40)32-4/h7-9,12-15,17H,10-11,16H2,1-6H3,(H,32,40)(H,33,36)(H,35,37,41). The van der Waals surface area contributed by atoms with Crippen molar-refractivity contribution in [2.75, 3.05) is 31.4 Å². The molecule has 0 aliphatic rings. The van der Waals surface area contributed by atoms with E-state index in [-0.39, 0.29) is 17.7 Å². The molecule has 13 nitrogen and oxygen atoms in total. The third kappa shape index (κ3) is 8.64. The van der Waals surface area contributed by atoms with Crippen LogP contribution in [-0.4, -0.2) is 63.1 Å². The summed E-state index contributed by atoms with van der Waals surface area (Å²) >= 11 is 6.18. The van der Waals surface area contributed by atoms with Crippen LogP contribution in [0.3, 0.4) is 0 Å². The van der Waals surface area contributed by atoms with E-state index in [1.807, 2.05) is 18.2 Å². The monoisotopic (exact) mass is 622 g/mol. The molecule has 1 aromatic carbocycles. The lowest BCUT2D eigenvalue weighted by Crippen LogP contribution is -2.27. The van der Waals surface area contributed by atoms with Gasteiger partial charge in [0.2, 0.25) is 0 Å². The molecule has 0 aliphatic heterocycles. The third-order valence-corrected chi connectivity index (χ3v) is 6.23. The van der Waals surface area contributed by atoms with E-state index in [9.17, 15) is 9.59 Å². The van der Waals surface area contributed by atoms with Gasteiger partial charge in [-0.3, -0.25) is 14.8 Å². The Morgan fingerprint density at radius 2 is 1.89 bits per heavy atom. The summed E-state index contributed by atoms with van der Waals surface area (Å²) in [6, 6.07) is 10.7. The second-order valence-electron chi connectivity index (χ2n) is 10.7. The molecule has 3 N–H and O–H groups in total. The minimum absolute atomic E-state index is 0.217. The first kappa shape index (κ1) is 32.2. The first-order valence-electron chi connectivity index (χ1n) is 13.7. The van der Waals surface area contributed by atoms with E-state index in [4.69, 9.17) is 25.8 Å². The van der Waals surface area contributed by atoms with Crippen LogP contribution in [0, 0.1) is 0 Å². The number of hydrogen-bond donors (Lipinski definition) is 3. The van der Waals surface area contributed by atoms with Gasteiger partial charge in [0.1, 0.15) is 22.9 Å². The average molecular weight is 623 g/mol. The fraction of sp³-hybridized carbons (Fsp3) is 0.333. The zero-order valence-electron chi connectivity index (χ0n) is 25.4. The normalized spacial score (nSPS) is 11.2. The largest absolute Gasteiger partial charge is 0.494 e. The summed E-state index contributed by atoms with van der Waals surface area (Å²) in [5, 5.41) is 13.2. The molecule has 0 fully saturated rings. The summed E-state index contributed by atoms with van der Waals surface area (Å²) in [4.78, 5) is 37.5. The van der Waals surface area contributed by atoms with Crippen molar-refractivity contribution in [3.05, 3.63) is 70.9 Å². The number of aromatic nitrogens is 5. The Labute approximate surface area is 260 Å². The molecule has 0 atom stereocenters. The van der Waals surface area contributed by atoms with Crippen LogP contribution in [-0.2, 0) is 29.5 Å². The lowest BCUT2D eigenvalue weighted by atomic mass is 10.0. The number of hydrogen-bond acceptors (Lipinski definition) is 10. The van der Waals surface area contributed by atoms with Crippen molar-refractivity contribution >= 4 is 40.8 Å². The quantitative estimate of drug-likeness (QED) is 0.151. The molecule has 44 heavy (non-hydrogen) atoms. The number of ether oxygens (including phenoxy) is 3. The van der Waals surface area contributed by atoms with Gasteiger partial charge in [-0.2, -0.15) is 5.10 Å². The maximum absolute atomic E-state index is 12.5. The highest BCUT2D eigenvalue weighted by Crippen LogP contribution is 2.39. The molecule has 0 spiro atoms. The molecule has 2 amide bonds. The minimum Gasteiger partial charge on any atom is -0.494 e. The molecule has 3 aromatic heterocycles. The van der Waals surface area contributed by atoms with Crippen molar-refractivity contribution in [2.24, 2.45) is 7.05 Å². The van der Waals surface area contributed by atoms with Gasteiger partial charge in [-0.15, -0.1) is 0 Å². The number of nitrogens with zero attached hydrogens (tertiary/aromatic N) is 5. The SMILES string of the molecule is CNC(=O)c1cnc(Cl)cc1Nc1cc(CCOCc2cccc(NC(=O)OC(C)(C)C)n2)cc(-c2ncn(C)n2)c1OC. The predicted molar refractivity (Wildman–Crippen MR) is 166 cm³/mol. The van der Waals surface area contributed by atoms with Gasteiger partial charge in [0, 0.05) is 20.3 Å². The molecule has 4 aromatic rings. The predicted octanol–water partition coefficient (Wildman–Crippen LogP) is 5.14. The zero-order chi connectivity index (χ0) is 31.9. The maximum Gasteiger partial charge on any atom is 0.413 e. The van der Waals surface area contributed by atoms with E-state index < -0.39 is 11.7 Å². The molecular weight excluding hydrogens is 588 g/mol. The number of benzene rings is 1. The van der Waals surface area contributed by atoms with E-state index in [0.717, 1.165) is 5.56 Å². The van der Waals surface area contributed by atoms with E-state index in [2.05, 4.69) is 36.0 Å². The topological polar surface area (TPSA) is 154 Å². The molecule has 232 valence electrons. The summed E-state index contributed by atoms with van der Waals surface area (Å²) in [5.74, 6) is 0.986. The molecule has 0 saturated carbocycles. The fourth-order valence-electron chi connectivity index (χ4n) is 4.17. The smallest absolute Gasteiger partial charge is 0.413 e. The van der Waals surface area contributed by atoms with Gasteiger partial charge in [-0.25, -0.2) is 19.7 Å². The number of methoxy groups -OCH3 is 1. The summed E-state index contributed by atoms with van der Waals surface area (Å²) < 4.78 is 18.6. The molecule has 0 saturated heterocycles. The number of nitrogens with one attached hydrogen (secondary N) is 3. The maximum atomic E-state index is 12.5. The van der Waals surface area contributed by atoms with Crippen molar-refractivity contribution in [1.82, 2.24) is 30.0 Å². The number of halogens is 1. The molecule has 14 heteroatoms. The van der Waals surface area contributed by atoms with E-state index >= 15 is 0 Å². The van der Waals surface area contributed by atoms with Gasteiger partial charge in [0.25, 0.3) is 5.91 Å². The number of aryl methyl sites for hydroxylation is 1. The van der Waals surface area contributed by atoms with Crippen LogP contribution in [0.1, 0.15) is 42.4 Å². The molecular formula is C30H35ClN8O5. The van der Waals surface area contributed by atoms with Crippen LogP contribution in [0.2, 0.25) is 5.15 Å². The second-order valence-corrected chi connectivity index (χ2v) is 11.1. The van der Waals surface area contributed by atoms with Crippen molar-refractivity contribution in [3.8, 4) is 17.1 Å². The summed E-state index contributed by atoms with van der Waals surface area (Å²) in [6.07, 6.45) is 2.94. The lowest BCUT2D eigenvalue weighted by molar-refractivity contribution is 0.0634. The van der Waals surface area contributed by atoms with E-state index in [0.29, 0.717) is 58.6 Å². The second kappa shape index (κ2) is 14.1. The minimum atomic E-state index is -0.619. The van der Waals surface area contributed by atoms with Gasteiger partial charge in [-0.1, -0.05) is 17.7 Å². The molecule has 0 bridgehead atoms. The Morgan fingerprint density at radius 1 is 1.09 bits per heavy atom. The fourth-order valence-corrected chi connectivity index (χ4v) is 4.33. The summed E-state index contributed by atoms with van der Waals surface area (Å²) in [6.45, 7) is 5.96. The number of rotatable bonds is 11. The summed E-state index contributed by atoms with van der Waals surface area (Å²) in [5.41, 5.74) is 2.89. The van der Waals surface area contributed by atoms with Crippen molar-refractivity contribution in [3.63, 3.8) is 0 Å². The van der Waals surface area contributed by atoms with Crippen LogP contribution in [0.4, 0.5) is 22.0 Å². The first-order valence-corrected chi connectivity index (χ1v) is 14.1. The number of pyridine rings is 2. The van der Waals surface area contributed by atoms with Crippen LogP contribution in [0.25, 0.3) is 11.4 Å². The average Bonchev–Trinajstić information content (AvgIpc) is 3.40. The van der Waals surface area contributed by atoms with E-state index in [1.165, 1.54) is 13.2 Å². The van der Waals surface area contributed by atoms with Gasteiger partial charge >= 0.3 is 6.09 Å². The lowest BCUT2D eigenvalue weighted by Gasteiger charge is -2.19. The van der Waals surface area contributed by atoms with Crippen LogP contribution in [0.5, 0.6) is 5.75 Å². The van der Waals surface area contributed by atoms with Crippen LogP contribution >= 0.6 is 11.6 Å². The molecule has 0 radical (unpaired) electrons. The number of carbonyl (C=O) groups excluding carboxylic acids is 2. The summed E-state index contributed by atoms with van der Waals surface area (Å²) in [7, 11) is 4.87. The molecule has 0 unspecified atom stereocenters. The van der Waals surface area contributed by atoms with Crippen LogP contribution in [0.15, 0.2) is 48.9 Å². The molecule has 0 aliphatic carbocycles. The van der Waals surface area contributed by atoms with Gasteiger partial charge < -0.3 is 24.8 Å². The van der Waals surface area contributed by atoms with Crippen molar-refractivity contribution in [1.29, 1.82) is 0 Å². The number of carbonyl (C=O) groups is 2. The van der Waals surface area contributed by atoms with Gasteiger partial charge in [-0.05, 0) is 63.1 Å². The molecule has 3 heterocycles. The Morgan fingerprint density at radius 3 is 2.57 bits per heavy atom. The Hall–Kier alpha value is -4.75. The molecule has 4 rings (SSSR count). The van der Waals surface area contributed by atoms with Crippen molar-refractivity contribution < 1.29 is 23.8 Å².